The summed E-state index contributed by atoms with van der Waals surface area (Å²) in [6, 6.07) is 19.1. The first-order valence-electron chi connectivity index (χ1n) is 8.35. The molecule has 7 heteroatoms. The summed E-state index contributed by atoms with van der Waals surface area (Å²) < 4.78 is 7.02. The lowest BCUT2D eigenvalue weighted by atomic mass is 10.0. The SMILES string of the molecule is O=C(C=Cc1cccc2ccccc12)NNC(=O)COc1ccc(Br)cc1Br. The summed E-state index contributed by atoms with van der Waals surface area (Å²) in [6.45, 7) is -0.229. The van der Waals surface area contributed by atoms with Crippen molar-refractivity contribution in [3.63, 3.8) is 0 Å². The molecule has 142 valence electrons. The minimum Gasteiger partial charge on any atom is -0.483 e. The molecule has 0 fully saturated rings. The Hall–Kier alpha value is -2.64. The van der Waals surface area contributed by atoms with Crippen LogP contribution in [0.4, 0.5) is 0 Å². The fourth-order valence-electron chi connectivity index (χ4n) is 2.51. The highest BCUT2D eigenvalue weighted by Crippen LogP contribution is 2.28. The molecule has 28 heavy (non-hydrogen) atoms. The van der Waals surface area contributed by atoms with E-state index in [4.69, 9.17) is 4.74 Å². The Balaban J connectivity index is 1.51. The van der Waals surface area contributed by atoms with Gasteiger partial charge >= 0.3 is 0 Å². The molecule has 0 spiro atoms. The summed E-state index contributed by atoms with van der Waals surface area (Å²) in [7, 11) is 0. The molecule has 3 aromatic carbocycles. The molecule has 0 radical (unpaired) electrons. The van der Waals surface area contributed by atoms with Crippen LogP contribution in [0.1, 0.15) is 5.56 Å². The molecule has 0 aliphatic rings. The predicted molar refractivity (Wildman–Crippen MR) is 117 cm³/mol. The molecule has 0 aromatic heterocycles. The van der Waals surface area contributed by atoms with E-state index in [1.165, 1.54) is 6.08 Å². The summed E-state index contributed by atoms with van der Waals surface area (Å²) in [5.41, 5.74) is 5.57. The standard InChI is InChI=1S/C21H16Br2N2O3/c22-16-9-10-19(18(23)12-16)28-13-21(27)25-24-20(26)11-8-15-6-3-5-14-4-1-2-7-17(14)15/h1-12H,13H2,(H,24,26)(H,25,27). The van der Waals surface area contributed by atoms with Crippen LogP contribution in [-0.4, -0.2) is 18.4 Å². The van der Waals surface area contributed by atoms with Gasteiger partial charge in [-0.15, -0.1) is 0 Å². The van der Waals surface area contributed by atoms with Gasteiger partial charge in [0.15, 0.2) is 6.61 Å². The first-order valence-corrected chi connectivity index (χ1v) is 9.94. The van der Waals surface area contributed by atoms with Gasteiger partial charge in [0.1, 0.15) is 5.75 Å². The first-order chi connectivity index (χ1) is 13.5. The van der Waals surface area contributed by atoms with Crippen molar-refractivity contribution in [1.29, 1.82) is 0 Å². The number of halogens is 2. The zero-order chi connectivity index (χ0) is 19.9. The Labute approximate surface area is 179 Å². The first kappa shape index (κ1) is 20.1. The second-order valence-electron chi connectivity index (χ2n) is 5.80. The average molecular weight is 504 g/mol. The third-order valence-corrected chi connectivity index (χ3v) is 4.93. The van der Waals surface area contributed by atoms with Crippen molar-refractivity contribution in [3.05, 3.63) is 81.2 Å². The van der Waals surface area contributed by atoms with E-state index >= 15 is 0 Å². The van der Waals surface area contributed by atoms with E-state index in [2.05, 4.69) is 42.7 Å². The Morgan fingerprint density at radius 2 is 1.75 bits per heavy atom. The van der Waals surface area contributed by atoms with Crippen LogP contribution in [0.15, 0.2) is 75.7 Å². The lowest BCUT2D eigenvalue weighted by Gasteiger charge is -2.09. The predicted octanol–water partition coefficient (Wildman–Crippen LogP) is 4.60. The number of hydrogen-bond acceptors (Lipinski definition) is 3. The Morgan fingerprint density at radius 3 is 2.57 bits per heavy atom. The highest BCUT2D eigenvalue weighted by atomic mass is 79.9. The maximum atomic E-state index is 12.0. The number of hydrogen-bond donors (Lipinski definition) is 2. The Kier molecular flexibility index (Phi) is 6.84. The van der Waals surface area contributed by atoms with Gasteiger partial charge in [0.2, 0.25) is 0 Å². The number of carbonyl (C=O) groups excluding carboxylic acids is 2. The van der Waals surface area contributed by atoms with Crippen LogP contribution in [0.3, 0.4) is 0 Å². The normalized spacial score (nSPS) is 10.8. The number of benzene rings is 3. The molecule has 3 rings (SSSR count). The molecule has 0 aliphatic carbocycles. The number of fused-ring (bicyclic) bond motifs is 1. The molecule has 2 N–H and O–H groups in total. The average Bonchev–Trinajstić information content (AvgIpc) is 2.70. The fraction of sp³-hybridized carbons (Fsp3) is 0.0476. The molecule has 0 aliphatic heterocycles. The Morgan fingerprint density at radius 1 is 0.964 bits per heavy atom. The van der Waals surface area contributed by atoms with E-state index in [-0.39, 0.29) is 6.61 Å². The largest absolute Gasteiger partial charge is 0.483 e. The van der Waals surface area contributed by atoms with Crippen molar-refractivity contribution in [3.8, 4) is 5.75 Å². The van der Waals surface area contributed by atoms with Gasteiger partial charge in [-0.3, -0.25) is 20.4 Å². The van der Waals surface area contributed by atoms with E-state index in [0.717, 1.165) is 25.3 Å². The highest BCUT2D eigenvalue weighted by Gasteiger charge is 2.07. The molecule has 0 atom stereocenters. The summed E-state index contributed by atoms with van der Waals surface area (Å²) in [5.74, 6) is -0.381. The quantitative estimate of drug-likeness (QED) is 0.395. The van der Waals surface area contributed by atoms with Crippen molar-refractivity contribution in [2.45, 2.75) is 0 Å². The topological polar surface area (TPSA) is 67.4 Å². The lowest BCUT2D eigenvalue weighted by Crippen LogP contribution is -2.43. The number of amides is 2. The van der Waals surface area contributed by atoms with Gasteiger partial charge in [-0.2, -0.15) is 0 Å². The van der Waals surface area contributed by atoms with Crippen LogP contribution >= 0.6 is 31.9 Å². The monoisotopic (exact) mass is 502 g/mol. The second-order valence-corrected chi connectivity index (χ2v) is 7.57. The molecular weight excluding hydrogens is 488 g/mol. The fourth-order valence-corrected chi connectivity index (χ4v) is 3.67. The summed E-state index contributed by atoms with van der Waals surface area (Å²) in [6.07, 6.45) is 3.08. The molecule has 3 aromatic rings. The minimum absolute atomic E-state index is 0.229. The van der Waals surface area contributed by atoms with Crippen LogP contribution in [0.2, 0.25) is 0 Å². The van der Waals surface area contributed by atoms with Gasteiger partial charge in [-0.1, -0.05) is 58.4 Å². The van der Waals surface area contributed by atoms with Crippen molar-refractivity contribution >= 4 is 60.5 Å². The number of rotatable bonds is 5. The van der Waals surface area contributed by atoms with Gasteiger partial charge in [-0.25, -0.2) is 0 Å². The smallest absolute Gasteiger partial charge is 0.276 e. The van der Waals surface area contributed by atoms with Crippen molar-refractivity contribution in [2.24, 2.45) is 0 Å². The zero-order valence-corrected chi connectivity index (χ0v) is 17.8. The van der Waals surface area contributed by atoms with Crippen LogP contribution in [-0.2, 0) is 9.59 Å². The summed E-state index contributed by atoms with van der Waals surface area (Å²) in [4.78, 5) is 23.8. The number of nitrogens with one attached hydrogen (secondary N) is 2. The van der Waals surface area contributed by atoms with Crippen LogP contribution in [0, 0.1) is 0 Å². The van der Waals surface area contributed by atoms with Gasteiger partial charge < -0.3 is 4.74 Å². The van der Waals surface area contributed by atoms with Crippen molar-refractivity contribution in [2.75, 3.05) is 6.61 Å². The third-order valence-electron chi connectivity index (χ3n) is 3.82. The van der Waals surface area contributed by atoms with Gasteiger partial charge in [-0.05, 0) is 56.5 Å². The molecule has 0 saturated heterocycles. The van der Waals surface area contributed by atoms with E-state index in [0.29, 0.717) is 5.75 Å². The zero-order valence-electron chi connectivity index (χ0n) is 14.6. The molecule has 0 bridgehead atoms. The van der Waals surface area contributed by atoms with Gasteiger partial charge in [0.25, 0.3) is 11.8 Å². The number of hydrazine groups is 1. The molecule has 0 unspecified atom stereocenters. The second kappa shape index (κ2) is 9.52. The number of ether oxygens (including phenoxy) is 1. The lowest BCUT2D eigenvalue weighted by molar-refractivity contribution is -0.128. The van der Waals surface area contributed by atoms with E-state index in [1.54, 1.807) is 18.2 Å². The highest BCUT2D eigenvalue weighted by molar-refractivity contribution is 9.11. The maximum absolute atomic E-state index is 12.0. The summed E-state index contributed by atoms with van der Waals surface area (Å²) in [5, 5.41) is 2.14. The van der Waals surface area contributed by atoms with E-state index in [1.807, 2.05) is 48.5 Å². The van der Waals surface area contributed by atoms with E-state index in [9.17, 15) is 9.59 Å². The van der Waals surface area contributed by atoms with Gasteiger partial charge in [0, 0.05) is 10.5 Å². The molecule has 0 saturated carbocycles. The van der Waals surface area contributed by atoms with Crippen molar-refractivity contribution < 1.29 is 14.3 Å². The van der Waals surface area contributed by atoms with Gasteiger partial charge in [0.05, 0.1) is 4.47 Å². The minimum atomic E-state index is -0.471. The Bertz CT molecular complexity index is 1050. The number of carbonyl (C=O) groups is 2. The molecular formula is C21H16Br2N2O3. The van der Waals surface area contributed by atoms with E-state index < -0.39 is 11.8 Å². The third kappa shape index (κ3) is 5.43. The molecule has 0 heterocycles. The molecule has 5 nitrogen and oxygen atoms in total. The van der Waals surface area contributed by atoms with Crippen LogP contribution < -0.4 is 15.6 Å². The van der Waals surface area contributed by atoms with Crippen LogP contribution in [0.25, 0.3) is 16.8 Å². The van der Waals surface area contributed by atoms with Crippen molar-refractivity contribution in [1.82, 2.24) is 10.9 Å². The maximum Gasteiger partial charge on any atom is 0.276 e. The molecule has 2 amide bonds. The summed E-state index contributed by atoms with van der Waals surface area (Å²) >= 11 is 6.70. The van der Waals surface area contributed by atoms with Crippen LogP contribution in [0.5, 0.6) is 5.75 Å².